The van der Waals surface area contributed by atoms with Crippen molar-refractivity contribution in [2.24, 2.45) is 11.1 Å². The number of amides is 1. The molecule has 0 aromatic heterocycles. The molecule has 1 aromatic carbocycles. The van der Waals surface area contributed by atoms with Gasteiger partial charge in [0, 0.05) is 0 Å². The van der Waals surface area contributed by atoms with Gasteiger partial charge in [-0.25, -0.2) is 0 Å². The highest BCUT2D eigenvalue weighted by atomic mass is 19.4. The average molecular weight is 304 g/mol. The second-order valence-corrected chi connectivity index (χ2v) is 5.73. The molecule has 1 unspecified atom stereocenters. The molecule has 0 fully saturated rings. The molecule has 0 saturated heterocycles. The van der Waals surface area contributed by atoms with E-state index >= 15 is 0 Å². The third kappa shape index (κ3) is 5.63. The number of rotatable bonds is 4. The van der Waals surface area contributed by atoms with Gasteiger partial charge in [0.15, 0.2) is 6.61 Å². The van der Waals surface area contributed by atoms with Crippen LogP contribution in [-0.2, 0) is 4.79 Å². The Morgan fingerprint density at radius 1 is 1.29 bits per heavy atom. The zero-order chi connectivity index (χ0) is 16.3. The van der Waals surface area contributed by atoms with Crippen LogP contribution in [0.5, 0.6) is 5.75 Å². The molecular weight excluding hydrogens is 285 g/mol. The lowest BCUT2D eigenvalue weighted by atomic mass is 9.87. The summed E-state index contributed by atoms with van der Waals surface area (Å²) in [5.41, 5.74) is 5.49. The van der Waals surface area contributed by atoms with Gasteiger partial charge in [-0.05, 0) is 17.5 Å². The zero-order valence-corrected chi connectivity index (χ0v) is 12.1. The van der Waals surface area contributed by atoms with Gasteiger partial charge in [0.25, 0.3) is 0 Å². The van der Waals surface area contributed by atoms with E-state index < -0.39 is 30.1 Å². The monoisotopic (exact) mass is 304 g/mol. The molecular formula is C14H19F3N2O2. The van der Waals surface area contributed by atoms with E-state index in [-0.39, 0.29) is 11.4 Å². The second kappa shape index (κ2) is 6.34. The van der Waals surface area contributed by atoms with E-state index in [1.807, 2.05) is 0 Å². The third-order valence-corrected chi connectivity index (χ3v) is 2.75. The van der Waals surface area contributed by atoms with Crippen LogP contribution in [0.25, 0.3) is 0 Å². The maximum Gasteiger partial charge on any atom is 0.422 e. The summed E-state index contributed by atoms with van der Waals surface area (Å²) in [7, 11) is 0. The van der Waals surface area contributed by atoms with Crippen molar-refractivity contribution in [1.82, 2.24) is 0 Å². The first-order chi connectivity index (χ1) is 9.50. The van der Waals surface area contributed by atoms with E-state index in [9.17, 15) is 18.0 Å². The van der Waals surface area contributed by atoms with Crippen LogP contribution < -0.4 is 15.8 Å². The quantitative estimate of drug-likeness (QED) is 0.899. The van der Waals surface area contributed by atoms with Crippen LogP contribution in [0.15, 0.2) is 24.3 Å². The van der Waals surface area contributed by atoms with Gasteiger partial charge >= 0.3 is 6.18 Å². The maximum atomic E-state index is 12.2. The van der Waals surface area contributed by atoms with Crippen molar-refractivity contribution < 1.29 is 22.7 Å². The average Bonchev–Trinajstić information content (AvgIpc) is 2.34. The molecule has 7 heteroatoms. The highest BCUT2D eigenvalue weighted by Gasteiger charge is 2.30. The van der Waals surface area contributed by atoms with E-state index in [4.69, 9.17) is 5.73 Å². The lowest BCUT2D eigenvalue weighted by Gasteiger charge is -2.26. The normalized spacial score (nSPS) is 13.7. The number of ether oxygens (including phenoxy) is 1. The summed E-state index contributed by atoms with van der Waals surface area (Å²) in [6, 6.07) is 5.11. The molecule has 1 amide bonds. The first kappa shape index (κ1) is 17.3. The van der Waals surface area contributed by atoms with Crippen LogP contribution in [0.3, 0.4) is 0 Å². The summed E-state index contributed by atoms with van der Waals surface area (Å²) < 4.78 is 41.3. The van der Waals surface area contributed by atoms with Crippen LogP contribution in [0.2, 0.25) is 0 Å². The largest absolute Gasteiger partial charge is 0.482 e. The summed E-state index contributed by atoms with van der Waals surface area (Å²) in [6.45, 7) is 3.96. The maximum absolute atomic E-state index is 12.2. The fourth-order valence-electron chi connectivity index (χ4n) is 1.46. The molecule has 0 aliphatic heterocycles. The number of nitrogens with two attached hydrogens (primary N) is 1. The Bertz CT molecular complexity index is 496. The fraction of sp³-hybridized carbons (Fsp3) is 0.500. The van der Waals surface area contributed by atoms with Crippen LogP contribution in [0, 0.1) is 5.41 Å². The molecule has 1 rings (SSSR count). The van der Waals surface area contributed by atoms with Crippen molar-refractivity contribution in [3.05, 3.63) is 24.3 Å². The standard InChI is InChI=1S/C14H19F3N2O2/c1-13(2,3)11(18)12(20)19-9-6-4-5-7-10(9)21-8-14(15,16)17/h4-7,11H,8,18H2,1-3H3,(H,19,20). The Labute approximate surface area is 121 Å². The van der Waals surface area contributed by atoms with Crippen molar-refractivity contribution in [1.29, 1.82) is 0 Å². The van der Waals surface area contributed by atoms with Crippen molar-refractivity contribution >= 4 is 11.6 Å². The summed E-state index contributed by atoms with van der Waals surface area (Å²) in [4.78, 5) is 12.0. The van der Waals surface area contributed by atoms with Crippen molar-refractivity contribution in [3.8, 4) is 5.75 Å². The summed E-state index contributed by atoms with van der Waals surface area (Å²) in [5.74, 6) is -0.533. The smallest absolute Gasteiger partial charge is 0.422 e. The summed E-state index contributed by atoms with van der Waals surface area (Å²) >= 11 is 0. The number of alkyl halides is 3. The van der Waals surface area contributed by atoms with Gasteiger partial charge in [-0.3, -0.25) is 4.79 Å². The molecule has 0 aliphatic carbocycles. The summed E-state index contributed by atoms with van der Waals surface area (Å²) in [6.07, 6.45) is -4.45. The predicted molar refractivity (Wildman–Crippen MR) is 74.1 cm³/mol. The third-order valence-electron chi connectivity index (χ3n) is 2.75. The topological polar surface area (TPSA) is 64.4 Å². The predicted octanol–water partition coefficient (Wildman–Crippen LogP) is 2.94. The molecule has 4 nitrogen and oxygen atoms in total. The molecule has 0 heterocycles. The molecule has 0 aliphatic rings. The van der Waals surface area contributed by atoms with Gasteiger partial charge in [-0.2, -0.15) is 13.2 Å². The zero-order valence-electron chi connectivity index (χ0n) is 12.1. The Hall–Kier alpha value is -1.76. The van der Waals surface area contributed by atoms with E-state index in [0.717, 1.165) is 0 Å². The van der Waals surface area contributed by atoms with Gasteiger partial charge in [-0.15, -0.1) is 0 Å². The second-order valence-electron chi connectivity index (χ2n) is 5.73. The number of carbonyl (C=O) groups excluding carboxylic acids is 1. The molecule has 0 radical (unpaired) electrons. The van der Waals surface area contributed by atoms with Crippen molar-refractivity contribution in [3.63, 3.8) is 0 Å². The van der Waals surface area contributed by atoms with Crippen LogP contribution in [0.1, 0.15) is 20.8 Å². The number of para-hydroxylation sites is 2. The van der Waals surface area contributed by atoms with Gasteiger partial charge < -0.3 is 15.8 Å². The lowest BCUT2D eigenvalue weighted by molar-refractivity contribution is -0.153. The number of benzene rings is 1. The van der Waals surface area contributed by atoms with Crippen LogP contribution in [-0.4, -0.2) is 24.7 Å². The number of hydrogen-bond acceptors (Lipinski definition) is 3. The fourth-order valence-corrected chi connectivity index (χ4v) is 1.46. The van der Waals surface area contributed by atoms with Crippen LogP contribution >= 0.6 is 0 Å². The van der Waals surface area contributed by atoms with Crippen molar-refractivity contribution in [2.45, 2.75) is 33.0 Å². The first-order valence-corrected chi connectivity index (χ1v) is 6.36. The molecule has 3 N–H and O–H groups in total. The SMILES string of the molecule is CC(C)(C)C(N)C(=O)Nc1ccccc1OCC(F)(F)F. The minimum absolute atomic E-state index is 0.0516. The Balaban J connectivity index is 2.82. The molecule has 0 saturated carbocycles. The van der Waals surface area contributed by atoms with E-state index in [1.165, 1.54) is 18.2 Å². The highest BCUT2D eigenvalue weighted by Crippen LogP contribution is 2.27. The van der Waals surface area contributed by atoms with Gasteiger partial charge in [0.05, 0.1) is 11.7 Å². The number of carbonyl (C=O) groups is 1. The Morgan fingerprint density at radius 2 is 1.86 bits per heavy atom. The molecule has 1 aromatic rings. The Morgan fingerprint density at radius 3 is 2.38 bits per heavy atom. The first-order valence-electron chi connectivity index (χ1n) is 6.36. The lowest BCUT2D eigenvalue weighted by Crippen LogP contribution is -2.45. The number of nitrogens with one attached hydrogen (secondary N) is 1. The number of hydrogen-bond donors (Lipinski definition) is 2. The summed E-state index contributed by atoms with van der Waals surface area (Å²) in [5, 5.41) is 2.50. The molecule has 21 heavy (non-hydrogen) atoms. The molecule has 0 spiro atoms. The minimum Gasteiger partial charge on any atom is -0.482 e. The van der Waals surface area contributed by atoms with E-state index in [1.54, 1.807) is 26.8 Å². The van der Waals surface area contributed by atoms with Crippen molar-refractivity contribution in [2.75, 3.05) is 11.9 Å². The van der Waals surface area contributed by atoms with Gasteiger partial charge in [0.1, 0.15) is 5.75 Å². The van der Waals surface area contributed by atoms with Gasteiger partial charge in [-0.1, -0.05) is 32.9 Å². The van der Waals surface area contributed by atoms with Crippen LogP contribution in [0.4, 0.5) is 18.9 Å². The van der Waals surface area contributed by atoms with E-state index in [0.29, 0.717) is 0 Å². The molecule has 0 bridgehead atoms. The minimum atomic E-state index is -4.45. The highest BCUT2D eigenvalue weighted by molar-refractivity contribution is 5.96. The Kier molecular flexibility index (Phi) is 5.22. The number of anilines is 1. The molecule has 1 atom stereocenters. The number of halogens is 3. The molecule has 118 valence electrons. The van der Waals surface area contributed by atoms with E-state index in [2.05, 4.69) is 10.1 Å². The van der Waals surface area contributed by atoms with Gasteiger partial charge in [0.2, 0.25) is 5.91 Å².